The van der Waals surface area contributed by atoms with E-state index in [0.29, 0.717) is 0 Å². The van der Waals surface area contributed by atoms with E-state index in [1.807, 2.05) is 24.3 Å². The Hall–Kier alpha value is -6.97. The van der Waals surface area contributed by atoms with Gasteiger partial charge < -0.3 is 8.98 Å². The van der Waals surface area contributed by atoms with Gasteiger partial charge in [-0.3, -0.25) is 0 Å². The standard InChI is InChI=1S/C49H32N2O/c1-4-13-33(14-5-1)34-23-25-35(26-24-34)40-30-43(36-15-6-2-7-16-36)50-44(31-40)38-19-12-20-41(29-38)51-45-22-11-10-21-42(45)48-46(51)28-27-39-32-47(52-49(39)48)37-17-8-3-9-18-37/h1-32H. The van der Waals surface area contributed by atoms with Crippen LogP contribution in [0.5, 0.6) is 0 Å². The van der Waals surface area contributed by atoms with Crippen LogP contribution < -0.4 is 0 Å². The first-order valence-corrected chi connectivity index (χ1v) is 17.6. The van der Waals surface area contributed by atoms with Gasteiger partial charge in [-0.05, 0) is 70.8 Å². The number of hydrogen-bond donors (Lipinski definition) is 0. The third kappa shape index (κ3) is 5.19. The summed E-state index contributed by atoms with van der Waals surface area (Å²) in [5.41, 5.74) is 14.0. The summed E-state index contributed by atoms with van der Waals surface area (Å²) in [6.07, 6.45) is 0. The highest BCUT2D eigenvalue weighted by atomic mass is 16.3. The zero-order valence-electron chi connectivity index (χ0n) is 28.3. The highest BCUT2D eigenvalue weighted by molar-refractivity contribution is 6.20. The second-order valence-electron chi connectivity index (χ2n) is 13.2. The minimum absolute atomic E-state index is 0.872. The second-order valence-corrected chi connectivity index (χ2v) is 13.2. The normalized spacial score (nSPS) is 11.5. The maximum Gasteiger partial charge on any atom is 0.144 e. The molecule has 10 aromatic rings. The average molecular weight is 665 g/mol. The van der Waals surface area contributed by atoms with Gasteiger partial charge in [-0.15, -0.1) is 0 Å². The van der Waals surface area contributed by atoms with Gasteiger partial charge in [0, 0.05) is 33.2 Å². The summed E-state index contributed by atoms with van der Waals surface area (Å²) in [5.74, 6) is 0.872. The largest absolute Gasteiger partial charge is 0.455 e. The van der Waals surface area contributed by atoms with Gasteiger partial charge in [-0.25, -0.2) is 4.98 Å². The number of hydrogen-bond acceptors (Lipinski definition) is 2. The Bertz CT molecular complexity index is 2870. The Labute approximate surface area is 301 Å². The van der Waals surface area contributed by atoms with Crippen molar-refractivity contribution in [3.05, 3.63) is 194 Å². The van der Waals surface area contributed by atoms with E-state index in [1.54, 1.807) is 0 Å². The molecule has 3 aromatic heterocycles. The molecule has 3 nitrogen and oxygen atoms in total. The molecule has 10 rings (SSSR count). The highest BCUT2D eigenvalue weighted by Crippen LogP contribution is 2.40. The molecule has 0 fully saturated rings. The molecule has 0 radical (unpaired) electrons. The fourth-order valence-electron chi connectivity index (χ4n) is 7.46. The van der Waals surface area contributed by atoms with E-state index < -0.39 is 0 Å². The van der Waals surface area contributed by atoms with Gasteiger partial charge in [-0.1, -0.05) is 146 Å². The van der Waals surface area contributed by atoms with E-state index in [4.69, 9.17) is 9.40 Å². The van der Waals surface area contributed by atoms with Crippen LogP contribution in [0.15, 0.2) is 199 Å². The third-order valence-electron chi connectivity index (χ3n) is 10.00. The van der Waals surface area contributed by atoms with Crippen molar-refractivity contribution in [1.29, 1.82) is 0 Å². The van der Waals surface area contributed by atoms with Crippen molar-refractivity contribution in [1.82, 2.24) is 9.55 Å². The van der Waals surface area contributed by atoms with E-state index >= 15 is 0 Å². The lowest BCUT2D eigenvalue weighted by molar-refractivity contribution is 0.635. The molecule has 0 aliphatic carbocycles. The third-order valence-corrected chi connectivity index (χ3v) is 10.00. The number of benzene rings is 7. The number of aromatic nitrogens is 2. The SMILES string of the molecule is c1ccc(-c2ccc(-c3cc(-c4ccccc4)nc(-c4cccc(-n5c6ccccc6c6c7oc(-c8ccccc8)cc7ccc65)c4)c3)cc2)cc1. The molecule has 0 amide bonds. The molecular formula is C49H32N2O. The Kier molecular flexibility index (Phi) is 7.14. The molecule has 0 spiro atoms. The summed E-state index contributed by atoms with van der Waals surface area (Å²) < 4.78 is 8.99. The molecule has 244 valence electrons. The maximum atomic E-state index is 6.64. The average Bonchev–Trinajstić information content (AvgIpc) is 3.82. The summed E-state index contributed by atoms with van der Waals surface area (Å²) in [7, 11) is 0. The highest BCUT2D eigenvalue weighted by Gasteiger charge is 2.19. The number of para-hydroxylation sites is 1. The van der Waals surface area contributed by atoms with Gasteiger partial charge in [0.15, 0.2) is 0 Å². The van der Waals surface area contributed by atoms with E-state index in [-0.39, 0.29) is 0 Å². The van der Waals surface area contributed by atoms with Gasteiger partial charge in [-0.2, -0.15) is 0 Å². The molecule has 3 heteroatoms. The Morgan fingerprint density at radius 2 is 0.962 bits per heavy atom. The molecule has 7 aromatic carbocycles. The fourth-order valence-corrected chi connectivity index (χ4v) is 7.46. The molecule has 0 atom stereocenters. The van der Waals surface area contributed by atoms with Crippen molar-refractivity contribution in [3.63, 3.8) is 0 Å². The quantitative estimate of drug-likeness (QED) is 0.177. The smallest absolute Gasteiger partial charge is 0.144 e. The minimum Gasteiger partial charge on any atom is -0.455 e. The molecule has 0 N–H and O–H groups in total. The van der Waals surface area contributed by atoms with Crippen LogP contribution in [0.25, 0.3) is 94.6 Å². The van der Waals surface area contributed by atoms with Crippen LogP contribution in [0.3, 0.4) is 0 Å². The van der Waals surface area contributed by atoms with Gasteiger partial charge in [0.25, 0.3) is 0 Å². The van der Waals surface area contributed by atoms with Crippen LogP contribution in [-0.2, 0) is 0 Å². The van der Waals surface area contributed by atoms with E-state index in [0.717, 1.165) is 83.4 Å². The molecule has 0 aliphatic heterocycles. The number of pyridine rings is 1. The lowest BCUT2D eigenvalue weighted by atomic mass is 9.97. The summed E-state index contributed by atoms with van der Waals surface area (Å²) >= 11 is 0. The first-order valence-electron chi connectivity index (χ1n) is 17.6. The number of nitrogens with zero attached hydrogens (tertiary/aromatic N) is 2. The molecule has 0 bridgehead atoms. The van der Waals surface area contributed by atoms with Crippen molar-refractivity contribution in [3.8, 4) is 61.8 Å². The van der Waals surface area contributed by atoms with E-state index in [9.17, 15) is 0 Å². The van der Waals surface area contributed by atoms with Crippen LogP contribution in [-0.4, -0.2) is 9.55 Å². The van der Waals surface area contributed by atoms with Crippen molar-refractivity contribution in [2.24, 2.45) is 0 Å². The van der Waals surface area contributed by atoms with Crippen molar-refractivity contribution in [2.45, 2.75) is 0 Å². The summed E-state index contributed by atoms with van der Waals surface area (Å²) in [4.78, 5) is 5.26. The molecule has 0 unspecified atom stereocenters. The first-order chi connectivity index (χ1) is 25.8. The number of furan rings is 1. The molecule has 0 aliphatic rings. The monoisotopic (exact) mass is 664 g/mol. The van der Waals surface area contributed by atoms with Gasteiger partial charge in [0.05, 0.1) is 27.8 Å². The summed E-state index contributed by atoms with van der Waals surface area (Å²) in [5, 5.41) is 3.37. The lowest BCUT2D eigenvalue weighted by Gasteiger charge is -2.13. The maximum absolute atomic E-state index is 6.64. The van der Waals surface area contributed by atoms with Crippen LogP contribution in [0.2, 0.25) is 0 Å². The Balaban J connectivity index is 1.12. The predicted molar refractivity (Wildman–Crippen MR) is 216 cm³/mol. The van der Waals surface area contributed by atoms with Crippen molar-refractivity contribution < 1.29 is 4.42 Å². The zero-order valence-corrected chi connectivity index (χ0v) is 28.3. The van der Waals surface area contributed by atoms with Crippen LogP contribution >= 0.6 is 0 Å². The summed E-state index contributed by atoms with van der Waals surface area (Å²) in [6.45, 7) is 0. The molecule has 0 saturated heterocycles. The predicted octanol–water partition coefficient (Wildman–Crippen LogP) is 13.3. The van der Waals surface area contributed by atoms with Crippen LogP contribution in [0.4, 0.5) is 0 Å². The topological polar surface area (TPSA) is 31.0 Å². The molecule has 3 heterocycles. The van der Waals surface area contributed by atoms with E-state index in [1.165, 1.54) is 11.1 Å². The Morgan fingerprint density at radius 1 is 0.385 bits per heavy atom. The van der Waals surface area contributed by atoms with Crippen molar-refractivity contribution >= 4 is 32.8 Å². The minimum atomic E-state index is 0.872. The van der Waals surface area contributed by atoms with Crippen LogP contribution in [0.1, 0.15) is 0 Å². The molecular weight excluding hydrogens is 633 g/mol. The fraction of sp³-hybridized carbons (Fsp3) is 0. The first kappa shape index (κ1) is 29.9. The lowest BCUT2D eigenvalue weighted by Crippen LogP contribution is -1.96. The summed E-state index contributed by atoms with van der Waals surface area (Å²) in [6, 6.07) is 68.4. The molecule has 52 heavy (non-hydrogen) atoms. The van der Waals surface area contributed by atoms with Gasteiger partial charge in [0.1, 0.15) is 11.3 Å². The number of rotatable bonds is 6. The van der Waals surface area contributed by atoms with Crippen LogP contribution in [0, 0.1) is 0 Å². The van der Waals surface area contributed by atoms with E-state index in [2.05, 4.69) is 174 Å². The van der Waals surface area contributed by atoms with Gasteiger partial charge >= 0.3 is 0 Å². The van der Waals surface area contributed by atoms with Crippen molar-refractivity contribution in [2.75, 3.05) is 0 Å². The number of fused-ring (bicyclic) bond motifs is 5. The van der Waals surface area contributed by atoms with Gasteiger partial charge in [0.2, 0.25) is 0 Å². The Morgan fingerprint density at radius 3 is 1.69 bits per heavy atom. The zero-order chi connectivity index (χ0) is 34.4. The molecule has 0 saturated carbocycles. The second kappa shape index (κ2) is 12.4.